The fourth-order valence-corrected chi connectivity index (χ4v) is 3.25. The topological polar surface area (TPSA) is 59.7 Å². The van der Waals surface area contributed by atoms with E-state index >= 15 is 0 Å². The van der Waals surface area contributed by atoms with E-state index in [0.717, 1.165) is 14.3 Å². The van der Waals surface area contributed by atoms with E-state index in [1.807, 2.05) is 18.2 Å². The molecule has 0 fully saturated rings. The number of benzene rings is 2. The quantitative estimate of drug-likeness (QED) is 0.623. The number of hydrogen-bond acceptors (Lipinski definition) is 4. The molecule has 0 atom stereocenters. The molecular weight excluding hydrogens is 416 g/mol. The summed E-state index contributed by atoms with van der Waals surface area (Å²) in [5.41, 5.74) is 0.550. The summed E-state index contributed by atoms with van der Waals surface area (Å²) in [6.45, 7) is 0.215. The minimum absolute atomic E-state index is 0.0457. The number of halogens is 2. The Balaban J connectivity index is 1.95. The smallest absolute Gasteiger partial charge is 0.336 e. The highest BCUT2D eigenvalue weighted by atomic mass is 79.9. The van der Waals surface area contributed by atoms with Crippen molar-refractivity contribution in [3.05, 3.63) is 67.4 Å². The maximum atomic E-state index is 11.6. The van der Waals surface area contributed by atoms with Crippen molar-refractivity contribution in [2.45, 2.75) is 6.61 Å². The van der Waals surface area contributed by atoms with E-state index in [2.05, 4.69) is 31.9 Å². The van der Waals surface area contributed by atoms with Crippen molar-refractivity contribution >= 4 is 42.8 Å². The molecule has 0 aliphatic carbocycles. The molecule has 22 heavy (non-hydrogen) atoms. The predicted molar refractivity (Wildman–Crippen MR) is 90.3 cm³/mol. The van der Waals surface area contributed by atoms with Crippen molar-refractivity contribution in [1.29, 1.82) is 0 Å². The Bertz CT molecular complexity index is 902. The Kier molecular flexibility index (Phi) is 4.22. The Labute approximate surface area is 142 Å². The molecule has 2 aromatic carbocycles. The average Bonchev–Trinajstić information content (AvgIpc) is 2.45. The molecule has 0 unspecified atom stereocenters. The van der Waals surface area contributed by atoms with Crippen LogP contribution in [0.15, 0.2) is 60.6 Å². The molecule has 0 bridgehead atoms. The van der Waals surface area contributed by atoms with Gasteiger partial charge in [0.1, 0.15) is 23.7 Å². The van der Waals surface area contributed by atoms with E-state index in [4.69, 9.17) is 9.15 Å². The minimum atomic E-state index is -0.480. The third kappa shape index (κ3) is 3.18. The molecule has 0 spiro atoms. The van der Waals surface area contributed by atoms with Gasteiger partial charge in [-0.1, -0.05) is 15.9 Å². The predicted octanol–water partition coefficient (Wildman–Crippen LogP) is 4.60. The van der Waals surface area contributed by atoms with E-state index in [0.29, 0.717) is 16.9 Å². The molecule has 0 radical (unpaired) electrons. The zero-order chi connectivity index (χ0) is 15.7. The highest BCUT2D eigenvalue weighted by Crippen LogP contribution is 2.29. The molecule has 3 aromatic rings. The van der Waals surface area contributed by atoms with E-state index in [9.17, 15) is 9.90 Å². The van der Waals surface area contributed by atoms with Gasteiger partial charge in [-0.05, 0) is 46.3 Å². The first-order chi connectivity index (χ1) is 10.5. The summed E-state index contributed by atoms with van der Waals surface area (Å²) in [4.78, 5) is 11.6. The third-order valence-electron chi connectivity index (χ3n) is 3.09. The fourth-order valence-electron chi connectivity index (χ4n) is 2.09. The fraction of sp³-hybridized carbons (Fsp3) is 0.0625. The van der Waals surface area contributed by atoms with Crippen LogP contribution in [0.2, 0.25) is 0 Å². The number of phenols is 1. The lowest BCUT2D eigenvalue weighted by Crippen LogP contribution is -2.04. The summed E-state index contributed by atoms with van der Waals surface area (Å²) in [6, 6.07) is 11.6. The Morgan fingerprint density at radius 3 is 2.68 bits per heavy atom. The van der Waals surface area contributed by atoms with Gasteiger partial charge in [0.25, 0.3) is 0 Å². The number of aromatic hydroxyl groups is 1. The molecule has 112 valence electrons. The van der Waals surface area contributed by atoms with Gasteiger partial charge in [-0.25, -0.2) is 4.79 Å². The first-order valence-corrected chi connectivity index (χ1v) is 7.95. The number of fused-ring (bicyclic) bond motifs is 1. The summed E-state index contributed by atoms with van der Waals surface area (Å²) in [6.07, 6.45) is 0. The van der Waals surface area contributed by atoms with Crippen LogP contribution in [0.25, 0.3) is 11.0 Å². The van der Waals surface area contributed by atoms with Gasteiger partial charge in [0.2, 0.25) is 0 Å². The Hall–Kier alpha value is -1.79. The zero-order valence-corrected chi connectivity index (χ0v) is 14.3. The monoisotopic (exact) mass is 424 g/mol. The standard InChI is InChI=1S/C16H10Br2O4/c17-10-1-4-14(13(18)6-10)21-8-9-5-16(20)22-15-7-11(19)2-3-12(9)15/h1-7,19H,8H2. The third-order valence-corrected chi connectivity index (χ3v) is 4.20. The zero-order valence-electron chi connectivity index (χ0n) is 11.2. The number of hydrogen-bond donors (Lipinski definition) is 1. The van der Waals surface area contributed by atoms with E-state index in [1.54, 1.807) is 12.1 Å². The molecule has 1 aromatic heterocycles. The molecule has 4 nitrogen and oxygen atoms in total. The molecule has 0 saturated carbocycles. The SMILES string of the molecule is O=c1cc(COc2ccc(Br)cc2Br)c2ccc(O)cc2o1. The summed E-state index contributed by atoms with van der Waals surface area (Å²) in [5.74, 6) is 0.716. The molecule has 0 aliphatic rings. The average molecular weight is 426 g/mol. The van der Waals surface area contributed by atoms with Gasteiger partial charge < -0.3 is 14.3 Å². The lowest BCUT2D eigenvalue weighted by atomic mass is 10.1. The van der Waals surface area contributed by atoms with Crippen molar-refractivity contribution in [2.75, 3.05) is 0 Å². The normalized spacial score (nSPS) is 10.8. The van der Waals surface area contributed by atoms with Crippen LogP contribution in [0.3, 0.4) is 0 Å². The molecule has 3 rings (SSSR count). The lowest BCUT2D eigenvalue weighted by molar-refractivity contribution is 0.304. The van der Waals surface area contributed by atoms with Crippen molar-refractivity contribution < 1.29 is 14.3 Å². The summed E-state index contributed by atoms with van der Waals surface area (Å²) >= 11 is 6.80. The highest BCUT2D eigenvalue weighted by Gasteiger charge is 2.09. The summed E-state index contributed by atoms with van der Waals surface area (Å²) in [7, 11) is 0. The molecule has 1 heterocycles. The van der Waals surface area contributed by atoms with Gasteiger partial charge in [-0.3, -0.25) is 0 Å². The first-order valence-electron chi connectivity index (χ1n) is 6.36. The van der Waals surface area contributed by atoms with Gasteiger partial charge in [-0.2, -0.15) is 0 Å². The lowest BCUT2D eigenvalue weighted by Gasteiger charge is -2.10. The maximum absolute atomic E-state index is 11.6. The van der Waals surface area contributed by atoms with Gasteiger partial charge in [0.15, 0.2) is 0 Å². The van der Waals surface area contributed by atoms with Crippen LogP contribution in [0.1, 0.15) is 5.56 Å². The second-order valence-corrected chi connectivity index (χ2v) is 6.40. The van der Waals surface area contributed by atoms with Crippen LogP contribution in [0.5, 0.6) is 11.5 Å². The van der Waals surface area contributed by atoms with Gasteiger partial charge in [0.05, 0.1) is 4.47 Å². The van der Waals surface area contributed by atoms with Crippen molar-refractivity contribution in [2.24, 2.45) is 0 Å². The van der Waals surface area contributed by atoms with Crippen LogP contribution < -0.4 is 10.4 Å². The van der Waals surface area contributed by atoms with Gasteiger partial charge in [-0.15, -0.1) is 0 Å². The molecule has 0 amide bonds. The van der Waals surface area contributed by atoms with Gasteiger partial charge in [0, 0.05) is 27.6 Å². The van der Waals surface area contributed by atoms with E-state index < -0.39 is 5.63 Å². The molecule has 6 heteroatoms. The minimum Gasteiger partial charge on any atom is -0.508 e. The van der Waals surface area contributed by atoms with Crippen LogP contribution in [-0.4, -0.2) is 5.11 Å². The summed E-state index contributed by atoms with van der Waals surface area (Å²) in [5, 5.41) is 10.2. The van der Waals surface area contributed by atoms with Crippen LogP contribution in [0, 0.1) is 0 Å². The summed E-state index contributed by atoms with van der Waals surface area (Å²) < 4.78 is 12.6. The van der Waals surface area contributed by atoms with Crippen molar-refractivity contribution in [1.82, 2.24) is 0 Å². The van der Waals surface area contributed by atoms with E-state index in [1.165, 1.54) is 12.1 Å². The first kappa shape index (κ1) is 15.1. The van der Waals surface area contributed by atoms with Crippen molar-refractivity contribution in [3.63, 3.8) is 0 Å². The Morgan fingerprint density at radius 1 is 1.09 bits per heavy atom. The van der Waals surface area contributed by atoms with Gasteiger partial charge >= 0.3 is 5.63 Å². The van der Waals surface area contributed by atoms with Crippen LogP contribution in [0.4, 0.5) is 0 Å². The van der Waals surface area contributed by atoms with E-state index in [-0.39, 0.29) is 12.4 Å². The molecule has 0 aliphatic heterocycles. The van der Waals surface area contributed by atoms with Crippen molar-refractivity contribution in [3.8, 4) is 11.5 Å². The van der Waals surface area contributed by atoms with Crippen LogP contribution in [-0.2, 0) is 6.61 Å². The largest absolute Gasteiger partial charge is 0.508 e. The molecule has 0 saturated heterocycles. The molecular formula is C16H10Br2O4. The maximum Gasteiger partial charge on any atom is 0.336 e. The second-order valence-electron chi connectivity index (χ2n) is 4.63. The second kappa shape index (κ2) is 6.14. The number of phenolic OH excluding ortho intramolecular Hbond substituents is 1. The Morgan fingerprint density at radius 2 is 1.91 bits per heavy atom. The molecule has 1 N–H and O–H groups in total. The van der Waals surface area contributed by atoms with Crippen LogP contribution >= 0.6 is 31.9 Å². The number of rotatable bonds is 3. The number of ether oxygens (including phenoxy) is 1. The highest BCUT2D eigenvalue weighted by molar-refractivity contribution is 9.11.